The molecule has 0 radical (unpaired) electrons. The minimum atomic E-state index is -0.313. The van der Waals surface area contributed by atoms with Crippen molar-refractivity contribution in [2.24, 2.45) is 0 Å². The van der Waals surface area contributed by atoms with Gasteiger partial charge in [0, 0.05) is 13.6 Å². The largest absolute Gasteiger partial charge is 0.340 e. The van der Waals surface area contributed by atoms with E-state index in [2.05, 4.69) is 5.32 Å². The second kappa shape index (κ2) is 9.31. The van der Waals surface area contributed by atoms with Crippen molar-refractivity contribution < 1.29 is 14.0 Å². The number of hydrogen-bond donors (Lipinski definition) is 1. The summed E-state index contributed by atoms with van der Waals surface area (Å²) < 4.78 is 12.9. The van der Waals surface area contributed by atoms with Gasteiger partial charge in [0.15, 0.2) is 0 Å². The predicted molar refractivity (Wildman–Crippen MR) is 100 cm³/mol. The van der Waals surface area contributed by atoms with Gasteiger partial charge in [-0.2, -0.15) is 0 Å². The topological polar surface area (TPSA) is 52.7 Å². The molecule has 7 heteroatoms. The van der Waals surface area contributed by atoms with Gasteiger partial charge in [-0.05, 0) is 36.9 Å². The lowest BCUT2D eigenvalue weighted by atomic mass is 10.2. The van der Waals surface area contributed by atoms with Gasteiger partial charge in [0.2, 0.25) is 11.8 Å². The molecule has 0 unspecified atom stereocenters. The van der Waals surface area contributed by atoms with Gasteiger partial charge in [-0.25, -0.2) is 4.39 Å². The Kier molecular flexibility index (Phi) is 7.12. The molecular formula is C19H21ClFN3O2. The quantitative estimate of drug-likeness (QED) is 0.807. The summed E-state index contributed by atoms with van der Waals surface area (Å²) >= 11 is 6.00. The lowest BCUT2D eigenvalue weighted by molar-refractivity contribution is -0.131. The minimum absolute atomic E-state index is 0.0569. The highest BCUT2D eigenvalue weighted by Gasteiger charge is 2.15. The molecule has 0 aliphatic carbocycles. The maximum atomic E-state index is 12.9. The molecule has 0 atom stereocenters. The molecule has 26 heavy (non-hydrogen) atoms. The molecule has 2 aromatic rings. The lowest BCUT2D eigenvalue weighted by Gasteiger charge is -2.22. The van der Waals surface area contributed by atoms with Crippen LogP contribution in [0.3, 0.4) is 0 Å². The molecule has 0 spiro atoms. The van der Waals surface area contributed by atoms with Gasteiger partial charge in [-0.1, -0.05) is 35.9 Å². The molecule has 0 bridgehead atoms. The molecule has 0 saturated carbocycles. The third-order valence-electron chi connectivity index (χ3n) is 3.73. The second-order valence-electron chi connectivity index (χ2n) is 6.08. The number of nitrogens with one attached hydrogen (secondary N) is 1. The normalized spacial score (nSPS) is 10.7. The van der Waals surface area contributed by atoms with E-state index in [0.29, 0.717) is 17.3 Å². The number of halogens is 2. The van der Waals surface area contributed by atoms with E-state index in [1.165, 1.54) is 17.0 Å². The summed E-state index contributed by atoms with van der Waals surface area (Å²) in [6.07, 6.45) is 0. The molecule has 1 N–H and O–H groups in total. The van der Waals surface area contributed by atoms with E-state index < -0.39 is 0 Å². The van der Waals surface area contributed by atoms with E-state index in [1.807, 2.05) is 0 Å². The van der Waals surface area contributed by atoms with Gasteiger partial charge in [0.1, 0.15) is 5.82 Å². The van der Waals surface area contributed by atoms with Crippen LogP contribution >= 0.6 is 11.6 Å². The van der Waals surface area contributed by atoms with Crippen LogP contribution in [-0.4, -0.2) is 48.8 Å². The lowest BCUT2D eigenvalue weighted by Crippen LogP contribution is -2.39. The fourth-order valence-corrected chi connectivity index (χ4v) is 2.54. The average Bonchev–Trinajstić information content (AvgIpc) is 2.58. The van der Waals surface area contributed by atoms with Gasteiger partial charge < -0.3 is 10.2 Å². The van der Waals surface area contributed by atoms with Crippen LogP contribution < -0.4 is 5.32 Å². The molecule has 0 heterocycles. The van der Waals surface area contributed by atoms with Gasteiger partial charge in [-0.3, -0.25) is 14.5 Å². The maximum absolute atomic E-state index is 12.9. The summed E-state index contributed by atoms with van der Waals surface area (Å²) in [7, 11) is 3.36. The van der Waals surface area contributed by atoms with Crippen LogP contribution in [0.1, 0.15) is 5.56 Å². The summed E-state index contributed by atoms with van der Waals surface area (Å²) in [5, 5.41) is 3.17. The Morgan fingerprint density at radius 1 is 1.04 bits per heavy atom. The third-order valence-corrected chi connectivity index (χ3v) is 4.05. The van der Waals surface area contributed by atoms with E-state index in [1.54, 1.807) is 55.4 Å². The molecule has 2 amide bonds. The molecule has 2 aromatic carbocycles. The van der Waals surface area contributed by atoms with Gasteiger partial charge in [0.05, 0.1) is 23.8 Å². The number of benzene rings is 2. The SMILES string of the molecule is CN(CC(=O)Nc1ccccc1Cl)CC(=O)N(C)Cc1ccc(F)cc1. The van der Waals surface area contributed by atoms with Crippen LogP contribution in [0, 0.1) is 5.82 Å². The number of nitrogens with zero attached hydrogens (tertiary/aromatic N) is 2. The number of amides is 2. The van der Waals surface area contributed by atoms with Crippen LogP contribution in [-0.2, 0) is 16.1 Å². The summed E-state index contributed by atoms with van der Waals surface area (Å²) in [5.41, 5.74) is 1.37. The zero-order valence-electron chi connectivity index (χ0n) is 14.7. The Morgan fingerprint density at radius 2 is 1.69 bits per heavy atom. The highest BCUT2D eigenvalue weighted by molar-refractivity contribution is 6.33. The number of likely N-dealkylation sites (N-methyl/N-ethyl adjacent to an activating group) is 2. The predicted octanol–water partition coefficient (Wildman–Crippen LogP) is 3.01. The smallest absolute Gasteiger partial charge is 0.238 e. The van der Waals surface area contributed by atoms with Crippen molar-refractivity contribution >= 4 is 29.1 Å². The van der Waals surface area contributed by atoms with Crippen LogP contribution in [0.4, 0.5) is 10.1 Å². The molecule has 2 rings (SSSR count). The van der Waals surface area contributed by atoms with E-state index in [-0.39, 0.29) is 30.7 Å². The molecule has 0 aliphatic rings. The Morgan fingerprint density at radius 3 is 2.35 bits per heavy atom. The monoisotopic (exact) mass is 377 g/mol. The van der Waals surface area contributed by atoms with E-state index >= 15 is 0 Å². The number of hydrogen-bond acceptors (Lipinski definition) is 3. The van der Waals surface area contributed by atoms with Gasteiger partial charge in [-0.15, -0.1) is 0 Å². The highest BCUT2D eigenvalue weighted by Crippen LogP contribution is 2.20. The Balaban J connectivity index is 1.81. The maximum Gasteiger partial charge on any atom is 0.238 e. The number of carbonyl (C=O) groups is 2. The number of carbonyl (C=O) groups excluding carboxylic acids is 2. The average molecular weight is 378 g/mol. The Bertz CT molecular complexity index is 768. The molecule has 5 nitrogen and oxygen atoms in total. The van der Waals surface area contributed by atoms with Crippen LogP contribution in [0.15, 0.2) is 48.5 Å². The number of rotatable bonds is 7. The molecular weight excluding hydrogens is 357 g/mol. The first-order chi connectivity index (χ1) is 12.3. The summed E-state index contributed by atoms with van der Waals surface area (Å²) in [4.78, 5) is 27.5. The van der Waals surface area contributed by atoms with Crippen molar-refractivity contribution in [3.63, 3.8) is 0 Å². The zero-order chi connectivity index (χ0) is 19.1. The molecule has 0 aromatic heterocycles. The fourth-order valence-electron chi connectivity index (χ4n) is 2.36. The summed E-state index contributed by atoms with van der Waals surface area (Å²) in [6, 6.07) is 13.0. The minimum Gasteiger partial charge on any atom is -0.340 e. The molecule has 0 aliphatic heterocycles. The van der Waals surface area contributed by atoms with Crippen molar-refractivity contribution in [1.82, 2.24) is 9.80 Å². The van der Waals surface area contributed by atoms with Gasteiger partial charge in [0.25, 0.3) is 0 Å². The second-order valence-corrected chi connectivity index (χ2v) is 6.48. The van der Waals surface area contributed by atoms with Crippen molar-refractivity contribution in [2.75, 3.05) is 32.5 Å². The first-order valence-corrected chi connectivity index (χ1v) is 8.44. The zero-order valence-corrected chi connectivity index (χ0v) is 15.5. The Hall–Kier alpha value is -2.44. The summed E-state index contributed by atoms with van der Waals surface area (Å²) in [5.74, 6) is -0.705. The van der Waals surface area contributed by atoms with Crippen LogP contribution in [0.2, 0.25) is 5.02 Å². The van der Waals surface area contributed by atoms with Gasteiger partial charge >= 0.3 is 0 Å². The van der Waals surface area contributed by atoms with Crippen molar-refractivity contribution in [2.45, 2.75) is 6.54 Å². The van der Waals surface area contributed by atoms with E-state index in [9.17, 15) is 14.0 Å². The molecule has 138 valence electrons. The molecule has 0 fully saturated rings. The van der Waals surface area contributed by atoms with Crippen molar-refractivity contribution in [3.05, 3.63) is 64.9 Å². The van der Waals surface area contributed by atoms with Crippen molar-refractivity contribution in [1.29, 1.82) is 0 Å². The fraction of sp³-hybridized carbons (Fsp3) is 0.263. The summed E-state index contributed by atoms with van der Waals surface area (Å²) in [6.45, 7) is 0.522. The Labute approximate surface area is 157 Å². The first-order valence-electron chi connectivity index (χ1n) is 8.06. The van der Waals surface area contributed by atoms with E-state index in [0.717, 1.165) is 5.56 Å². The number of anilines is 1. The van der Waals surface area contributed by atoms with Crippen LogP contribution in [0.5, 0.6) is 0 Å². The molecule has 0 saturated heterocycles. The van der Waals surface area contributed by atoms with Crippen molar-refractivity contribution in [3.8, 4) is 0 Å². The highest BCUT2D eigenvalue weighted by atomic mass is 35.5. The first kappa shape index (κ1) is 19.9. The van der Waals surface area contributed by atoms with Crippen LogP contribution in [0.25, 0.3) is 0 Å². The van der Waals surface area contributed by atoms with E-state index in [4.69, 9.17) is 11.6 Å². The standard InChI is InChI=1S/C19H21ClFN3O2/c1-23(12-18(25)22-17-6-4-3-5-16(17)20)13-19(26)24(2)11-14-7-9-15(21)10-8-14/h3-10H,11-13H2,1-2H3,(H,22,25). The third kappa shape index (κ3) is 6.13. The number of para-hydroxylation sites is 1.